The van der Waals surface area contributed by atoms with E-state index in [1.165, 1.54) is 4.90 Å². The number of hydrogen-bond acceptors (Lipinski definition) is 3. The van der Waals surface area contributed by atoms with Gasteiger partial charge in [-0.15, -0.1) is 0 Å². The third-order valence-electron chi connectivity index (χ3n) is 3.06. The summed E-state index contributed by atoms with van der Waals surface area (Å²) in [5, 5.41) is 2.67. The van der Waals surface area contributed by atoms with Gasteiger partial charge in [-0.05, 0) is 31.8 Å². The lowest BCUT2D eigenvalue weighted by Crippen LogP contribution is -2.43. The molecule has 0 aromatic rings. The maximum atomic E-state index is 12.4. The van der Waals surface area contributed by atoms with E-state index in [0.29, 0.717) is 32.7 Å². The second kappa shape index (κ2) is 8.50. The molecule has 1 rings (SSSR count). The van der Waals surface area contributed by atoms with Crippen LogP contribution in [-0.4, -0.2) is 43.1 Å². The number of likely N-dealkylation sites (tertiary alicyclic amines) is 1. The summed E-state index contributed by atoms with van der Waals surface area (Å²) in [7, 11) is 0. The molecule has 0 aromatic heterocycles. The highest BCUT2D eigenvalue weighted by molar-refractivity contribution is 5.74. The number of halogens is 2. The highest BCUT2D eigenvalue weighted by Gasteiger charge is 2.21. The van der Waals surface area contributed by atoms with Crippen LogP contribution in [0.15, 0.2) is 11.7 Å². The second-order valence-electron chi connectivity index (χ2n) is 4.49. The number of esters is 1. The summed E-state index contributed by atoms with van der Waals surface area (Å²) in [6.07, 6.45) is -0.423. The summed E-state index contributed by atoms with van der Waals surface area (Å²) in [6, 6.07) is -0.271. The van der Waals surface area contributed by atoms with Crippen LogP contribution in [0.4, 0.5) is 13.6 Å². The van der Waals surface area contributed by atoms with Gasteiger partial charge in [0.2, 0.25) is 0 Å². The minimum absolute atomic E-state index is 0.136. The Hall–Kier alpha value is -1.66. The van der Waals surface area contributed by atoms with Crippen molar-refractivity contribution >= 4 is 12.0 Å². The number of ether oxygens (including phenoxy) is 1. The van der Waals surface area contributed by atoms with Crippen molar-refractivity contribution in [1.82, 2.24) is 10.2 Å². The third-order valence-corrected chi connectivity index (χ3v) is 3.06. The zero-order valence-electron chi connectivity index (χ0n) is 11.6. The number of hydrogen-bond donors (Lipinski definition) is 1. The van der Waals surface area contributed by atoms with Crippen LogP contribution in [0.3, 0.4) is 0 Å². The lowest BCUT2D eigenvalue weighted by Gasteiger charge is -2.28. The number of urea groups is 1. The van der Waals surface area contributed by atoms with Crippen molar-refractivity contribution in [3.63, 3.8) is 0 Å². The van der Waals surface area contributed by atoms with Gasteiger partial charge in [-0.2, -0.15) is 8.78 Å². The fraction of sp³-hybridized carbons (Fsp3) is 0.692. The first-order valence-electron chi connectivity index (χ1n) is 6.76. The molecule has 114 valence electrons. The van der Waals surface area contributed by atoms with E-state index in [9.17, 15) is 18.4 Å². The monoisotopic (exact) mass is 290 g/mol. The predicted octanol–water partition coefficient (Wildman–Crippen LogP) is 2.29. The molecule has 1 aliphatic heterocycles. The minimum Gasteiger partial charge on any atom is -0.466 e. The van der Waals surface area contributed by atoms with E-state index in [4.69, 9.17) is 4.74 Å². The highest BCUT2D eigenvalue weighted by atomic mass is 19.3. The fourth-order valence-corrected chi connectivity index (χ4v) is 1.94. The molecule has 0 aliphatic carbocycles. The fourth-order valence-electron chi connectivity index (χ4n) is 1.94. The molecule has 0 bridgehead atoms. The van der Waals surface area contributed by atoms with Gasteiger partial charge in [0.25, 0.3) is 6.08 Å². The first-order valence-corrected chi connectivity index (χ1v) is 6.76. The van der Waals surface area contributed by atoms with Crippen molar-refractivity contribution in [2.45, 2.75) is 32.6 Å². The standard InChI is InChI=1S/C13H20F2N2O3/c1-2-20-11(18)4-3-7-16-13(19)17-8-5-10(6-9-17)12(14)15/h2-9H2,1H3,(H,16,19). The molecule has 0 unspecified atom stereocenters. The summed E-state index contributed by atoms with van der Waals surface area (Å²) in [5.74, 6) is -0.284. The van der Waals surface area contributed by atoms with E-state index in [-0.39, 0.29) is 36.8 Å². The molecule has 1 aliphatic rings. The SMILES string of the molecule is CCOC(=O)CCCNC(=O)N1CCC(=C(F)F)CC1. The number of nitrogens with one attached hydrogen (secondary N) is 1. The van der Waals surface area contributed by atoms with Crippen molar-refractivity contribution in [3.8, 4) is 0 Å². The number of carbonyl (C=O) groups excluding carboxylic acids is 2. The third kappa shape index (κ3) is 5.54. The smallest absolute Gasteiger partial charge is 0.317 e. The van der Waals surface area contributed by atoms with Gasteiger partial charge in [-0.3, -0.25) is 4.79 Å². The maximum Gasteiger partial charge on any atom is 0.317 e. The van der Waals surface area contributed by atoms with E-state index in [1.807, 2.05) is 0 Å². The van der Waals surface area contributed by atoms with Crippen molar-refractivity contribution < 1.29 is 23.1 Å². The normalized spacial score (nSPS) is 14.9. The Bertz CT molecular complexity index is 372. The number of piperidine rings is 1. The Balaban J connectivity index is 2.18. The van der Waals surface area contributed by atoms with Crippen LogP contribution in [-0.2, 0) is 9.53 Å². The molecule has 0 aromatic carbocycles. The summed E-state index contributed by atoms with van der Waals surface area (Å²) in [6.45, 7) is 3.06. The zero-order chi connectivity index (χ0) is 15.0. The van der Waals surface area contributed by atoms with Crippen LogP contribution in [0.2, 0.25) is 0 Å². The molecule has 7 heteroatoms. The van der Waals surface area contributed by atoms with Crippen LogP contribution >= 0.6 is 0 Å². The summed E-state index contributed by atoms with van der Waals surface area (Å²) >= 11 is 0. The average Bonchev–Trinajstić information content (AvgIpc) is 2.43. The van der Waals surface area contributed by atoms with Gasteiger partial charge >= 0.3 is 12.0 Å². The van der Waals surface area contributed by atoms with E-state index in [1.54, 1.807) is 6.92 Å². The van der Waals surface area contributed by atoms with Crippen LogP contribution < -0.4 is 5.32 Å². The molecule has 1 heterocycles. The van der Waals surface area contributed by atoms with Gasteiger partial charge < -0.3 is 15.0 Å². The predicted molar refractivity (Wildman–Crippen MR) is 69.3 cm³/mol. The lowest BCUT2D eigenvalue weighted by atomic mass is 10.1. The first kappa shape index (κ1) is 16.4. The Morgan fingerprint density at radius 1 is 1.30 bits per heavy atom. The molecule has 1 fully saturated rings. The Kier molecular flexibility index (Phi) is 6.97. The molecular weight excluding hydrogens is 270 g/mol. The second-order valence-corrected chi connectivity index (χ2v) is 4.49. The summed E-state index contributed by atoms with van der Waals surface area (Å²) < 4.78 is 29.5. The van der Waals surface area contributed by atoms with Gasteiger partial charge in [0, 0.05) is 26.1 Å². The van der Waals surface area contributed by atoms with Crippen LogP contribution in [0.25, 0.3) is 0 Å². The van der Waals surface area contributed by atoms with Gasteiger partial charge in [0.1, 0.15) is 0 Å². The maximum absolute atomic E-state index is 12.4. The molecular formula is C13H20F2N2O3. The molecule has 1 N–H and O–H groups in total. The minimum atomic E-state index is -1.63. The molecule has 5 nitrogen and oxygen atoms in total. The van der Waals surface area contributed by atoms with Crippen LogP contribution in [0.1, 0.15) is 32.6 Å². The van der Waals surface area contributed by atoms with Gasteiger partial charge in [-0.25, -0.2) is 4.79 Å². The van der Waals surface area contributed by atoms with Crippen molar-refractivity contribution in [1.29, 1.82) is 0 Å². The van der Waals surface area contributed by atoms with Crippen molar-refractivity contribution in [2.24, 2.45) is 0 Å². The van der Waals surface area contributed by atoms with E-state index in [2.05, 4.69) is 5.32 Å². The Morgan fingerprint density at radius 3 is 2.50 bits per heavy atom. The number of amides is 2. The largest absolute Gasteiger partial charge is 0.466 e. The Morgan fingerprint density at radius 2 is 1.95 bits per heavy atom. The zero-order valence-corrected chi connectivity index (χ0v) is 11.6. The van der Waals surface area contributed by atoms with E-state index >= 15 is 0 Å². The molecule has 0 atom stereocenters. The van der Waals surface area contributed by atoms with Crippen LogP contribution in [0, 0.1) is 0 Å². The van der Waals surface area contributed by atoms with Gasteiger partial charge in [0.05, 0.1) is 6.61 Å². The Labute approximate surface area is 117 Å². The highest BCUT2D eigenvalue weighted by Crippen LogP contribution is 2.21. The van der Waals surface area contributed by atoms with Crippen molar-refractivity contribution in [2.75, 3.05) is 26.2 Å². The van der Waals surface area contributed by atoms with E-state index in [0.717, 1.165) is 0 Å². The number of carbonyl (C=O) groups is 2. The van der Waals surface area contributed by atoms with E-state index < -0.39 is 6.08 Å². The lowest BCUT2D eigenvalue weighted by molar-refractivity contribution is -0.143. The molecule has 20 heavy (non-hydrogen) atoms. The average molecular weight is 290 g/mol. The molecule has 2 amide bonds. The van der Waals surface area contributed by atoms with Crippen LogP contribution in [0.5, 0.6) is 0 Å². The number of nitrogens with zero attached hydrogens (tertiary/aromatic N) is 1. The molecule has 0 radical (unpaired) electrons. The molecule has 0 saturated carbocycles. The number of rotatable bonds is 5. The topological polar surface area (TPSA) is 58.6 Å². The van der Waals surface area contributed by atoms with Crippen molar-refractivity contribution in [3.05, 3.63) is 11.7 Å². The summed E-state index contributed by atoms with van der Waals surface area (Å²) in [4.78, 5) is 24.3. The van der Waals surface area contributed by atoms with Gasteiger partial charge in [0.15, 0.2) is 0 Å². The molecule has 0 spiro atoms. The van der Waals surface area contributed by atoms with Gasteiger partial charge in [-0.1, -0.05) is 0 Å². The first-order chi connectivity index (χ1) is 9.54. The summed E-state index contributed by atoms with van der Waals surface area (Å²) in [5.41, 5.74) is 0.136. The molecule has 1 saturated heterocycles. The quantitative estimate of drug-likeness (QED) is 0.624.